The van der Waals surface area contributed by atoms with E-state index in [-0.39, 0.29) is 23.8 Å². The Bertz CT molecular complexity index is 574. The minimum atomic E-state index is -0.135. The molecule has 0 atom stereocenters. The zero-order valence-electron chi connectivity index (χ0n) is 13.3. The van der Waals surface area contributed by atoms with E-state index in [1.807, 2.05) is 38.1 Å². The number of para-hydroxylation sites is 1. The van der Waals surface area contributed by atoms with E-state index in [0.29, 0.717) is 18.8 Å². The fourth-order valence-corrected chi connectivity index (χ4v) is 3.31. The van der Waals surface area contributed by atoms with Gasteiger partial charge >= 0.3 is 0 Å². The van der Waals surface area contributed by atoms with Crippen LogP contribution < -0.4 is 10.6 Å². The average molecular weight is 321 g/mol. The second-order valence-corrected chi connectivity index (χ2v) is 7.37. The van der Waals surface area contributed by atoms with Crippen LogP contribution in [0.15, 0.2) is 29.2 Å². The Kier molecular flexibility index (Phi) is 5.13. The summed E-state index contributed by atoms with van der Waals surface area (Å²) in [6, 6.07) is 7.69. The number of carbonyl (C=O) groups excluding carboxylic acids is 2. The molecular formula is C16H23N3O2S. The van der Waals surface area contributed by atoms with Crippen molar-refractivity contribution in [1.29, 1.82) is 0 Å². The van der Waals surface area contributed by atoms with Gasteiger partial charge in [-0.3, -0.25) is 9.59 Å². The number of nitrogens with two attached hydrogens (primary N) is 1. The van der Waals surface area contributed by atoms with Crippen molar-refractivity contribution in [3.63, 3.8) is 0 Å². The number of likely N-dealkylation sites (N-methyl/N-ethyl adjacent to an activating group) is 1. The van der Waals surface area contributed by atoms with Crippen molar-refractivity contribution in [1.82, 2.24) is 4.90 Å². The molecule has 1 aromatic rings. The highest BCUT2D eigenvalue weighted by molar-refractivity contribution is 8.00. The van der Waals surface area contributed by atoms with Crippen molar-refractivity contribution in [2.24, 2.45) is 11.1 Å². The second kappa shape index (κ2) is 6.71. The highest BCUT2D eigenvalue weighted by Gasteiger charge is 2.28. The second-order valence-electron chi connectivity index (χ2n) is 6.35. The average Bonchev–Trinajstić information content (AvgIpc) is 2.49. The summed E-state index contributed by atoms with van der Waals surface area (Å²) < 4.78 is 0. The number of fused-ring (bicyclic) bond motifs is 1. The first kappa shape index (κ1) is 16.8. The normalized spacial score (nSPS) is 14.7. The van der Waals surface area contributed by atoms with Crippen molar-refractivity contribution in [2.45, 2.75) is 18.7 Å². The first-order chi connectivity index (χ1) is 10.3. The van der Waals surface area contributed by atoms with Crippen molar-refractivity contribution in [2.75, 3.05) is 37.3 Å². The molecule has 5 nitrogen and oxygen atoms in total. The van der Waals surface area contributed by atoms with E-state index in [0.717, 1.165) is 10.6 Å². The molecule has 2 amide bonds. The Balaban J connectivity index is 2.10. The monoisotopic (exact) mass is 321 g/mol. The van der Waals surface area contributed by atoms with E-state index < -0.39 is 0 Å². The van der Waals surface area contributed by atoms with Crippen LogP contribution in [0.25, 0.3) is 0 Å². The predicted molar refractivity (Wildman–Crippen MR) is 90.0 cm³/mol. The zero-order valence-corrected chi connectivity index (χ0v) is 14.2. The molecule has 0 saturated carbocycles. The van der Waals surface area contributed by atoms with Gasteiger partial charge in [0, 0.05) is 18.5 Å². The van der Waals surface area contributed by atoms with Gasteiger partial charge in [0.05, 0.1) is 11.4 Å². The number of carbonyl (C=O) groups is 2. The summed E-state index contributed by atoms with van der Waals surface area (Å²) in [6.45, 7) is 5.20. The molecular weight excluding hydrogens is 298 g/mol. The Labute approximate surface area is 135 Å². The number of anilines is 1. The number of hydrogen-bond donors (Lipinski definition) is 1. The number of rotatable bonds is 5. The van der Waals surface area contributed by atoms with Crippen LogP contribution >= 0.6 is 11.8 Å². The Morgan fingerprint density at radius 1 is 1.41 bits per heavy atom. The van der Waals surface area contributed by atoms with E-state index in [2.05, 4.69) is 0 Å². The summed E-state index contributed by atoms with van der Waals surface area (Å²) in [5, 5.41) is 0. The van der Waals surface area contributed by atoms with Crippen LogP contribution in [0.1, 0.15) is 13.8 Å². The maximum atomic E-state index is 12.4. The van der Waals surface area contributed by atoms with Gasteiger partial charge in [-0.25, -0.2) is 0 Å². The van der Waals surface area contributed by atoms with Crippen molar-refractivity contribution >= 4 is 29.3 Å². The van der Waals surface area contributed by atoms with E-state index in [4.69, 9.17) is 5.73 Å². The topological polar surface area (TPSA) is 66.6 Å². The lowest BCUT2D eigenvalue weighted by Crippen LogP contribution is -2.47. The van der Waals surface area contributed by atoms with Gasteiger partial charge in [-0.2, -0.15) is 0 Å². The molecule has 120 valence electrons. The largest absolute Gasteiger partial charge is 0.344 e. The molecule has 0 aromatic heterocycles. The molecule has 0 fully saturated rings. The van der Waals surface area contributed by atoms with Gasteiger partial charge < -0.3 is 15.5 Å². The summed E-state index contributed by atoms with van der Waals surface area (Å²) in [7, 11) is 1.76. The number of thioether (sulfide) groups is 1. The molecule has 1 aliphatic heterocycles. The van der Waals surface area contributed by atoms with Crippen molar-refractivity contribution in [3.05, 3.63) is 24.3 Å². The minimum absolute atomic E-state index is 0.0245. The molecule has 0 aliphatic carbocycles. The van der Waals surface area contributed by atoms with Gasteiger partial charge in [0.15, 0.2) is 0 Å². The van der Waals surface area contributed by atoms with E-state index in [1.165, 1.54) is 11.8 Å². The summed E-state index contributed by atoms with van der Waals surface area (Å²) in [5.41, 5.74) is 6.41. The lowest BCUT2D eigenvalue weighted by Gasteiger charge is -2.32. The highest BCUT2D eigenvalue weighted by atomic mass is 32.2. The van der Waals surface area contributed by atoms with E-state index in [1.54, 1.807) is 16.8 Å². The van der Waals surface area contributed by atoms with Gasteiger partial charge in [-0.05, 0) is 24.1 Å². The molecule has 1 aromatic carbocycles. The maximum absolute atomic E-state index is 12.4. The number of benzene rings is 1. The fraction of sp³-hybridized carbons (Fsp3) is 0.500. The Morgan fingerprint density at radius 2 is 2.09 bits per heavy atom. The third-order valence-electron chi connectivity index (χ3n) is 3.75. The summed E-state index contributed by atoms with van der Waals surface area (Å²) >= 11 is 1.52. The molecule has 1 heterocycles. The fourth-order valence-electron chi connectivity index (χ4n) is 2.38. The molecule has 22 heavy (non-hydrogen) atoms. The molecule has 1 aliphatic rings. The van der Waals surface area contributed by atoms with Gasteiger partial charge in [0.1, 0.15) is 6.54 Å². The SMILES string of the molecule is CN(CC(C)(C)CN)C(=O)CN1C(=O)CSc2ccccc21. The third-order valence-corrected chi connectivity index (χ3v) is 4.79. The van der Waals surface area contributed by atoms with Crippen LogP contribution in [0.2, 0.25) is 0 Å². The molecule has 2 N–H and O–H groups in total. The van der Waals surface area contributed by atoms with Gasteiger partial charge in [0.25, 0.3) is 0 Å². The van der Waals surface area contributed by atoms with Crippen LogP contribution in [-0.2, 0) is 9.59 Å². The summed E-state index contributed by atoms with van der Waals surface area (Å²) in [4.78, 5) is 28.9. The van der Waals surface area contributed by atoms with Crippen LogP contribution in [-0.4, -0.2) is 49.1 Å². The third kappa shape index (κ3) is 3.81. The number of amides is 2. The summed E-state index contributed by atoms with van der Waals surface area (Å²) in [6.07, 6.45) is 0. The standard InChI is InChI=1S/C16H23N3O2S/c1-16(2,10-17)11-18(3)14(20)8-19-12-6-4-5-7-13(12)22-9-15(19)21/h4-7H,8-11,17H2,1-3H3. The molecule has 0 spiro atoms. The quantitative estimate of drug-likeness (QED) is 0.894. The van der Waals surface area contributed by atoms with Gasteiger partial charge in [0.2, 0.25) is 11.8 Å². The smallest absolute Gasteiger partial charge is 0.242 e. The first-order valence-corrected chi connectivity index (χ1v) is 8.29. The zero-order chi connectivity index (χ0) is 16.3. The number of hydrogen-bond acceptors (Lipinski definition) is 4. The van der Waals surface area contributed by atoms with Gasteiger partial charge in [-0.15, -0.1) is 11.8 Å². The maximum Gasteiger partial charge on any atom is 0.242 e. The number of nitrogens with zero attached hydrogens (tertiary/aromatic N) is 2. The van der Waals surface area contributed by atoms with Crippen LogP contribution in [0.4, 0.5) is 5.69 Å². The van der Waals surface area contributed by atoms with Crippen LogP contribution in [0.3, 0.4) is 0 Å². The highest BCUT2D eigenvalue weighted by Crippen LogP contribution is 2.34. The predicted octanol–water partition coefficient (Wildman–Crippen LogP) is 1.57. The Morgan fingerprint density at radius 3 is 2.77 bits per heavy atom. The van der Waals surface area contributed by atoms with Gasteiger partial charge in [-0.1, -0.05) is 26.0 Å². The van der Waals surface area contributed by atoms with Crippen molar-refractivity contribution < 1.29 is 9.59 Å². The van der Waals surface area contributed by atoms with Crippen LogP contribution in [0.5, 0.6) is 0 Å². The molecule has 0 radical (unpaired) electrons. The lowest BCUT2D eigenvalue weighted by atomic mass is 9.93. The Hall–Kier alpha value is -1.53. The van der Waals surface area contributed by atoms with Crippen LogP contribution in [0, 0.1) is 5.41 Å². The first-order valence-electron chi connectivity index (χ1n) is 7.30. The molecule has 0 saturated heterocycles. The molecule has 0 bridgehead atoms. The van der Waals surface area contributed by atoms with Crippen molar-refractivity contribution in [3.8, 4) is 0 Å². The lowest BCUT2D eigenvalue weighted by molar-refractivity contribution is -0.131. The summed E-state index contributed by atoms with van der Waals surface area (Å²) in [5.74, 6) is 0.280. The minimum Gasteiger partial charge on any atom is -0.344 e. The van der Waals surface area contributed by atoms with E-state index >= 15 is 0 Å². The molecule has 6 heteroatoms. The molecule has 0 unspecified atom stereocenters. The van der Waals surface area contributed by atoms with E-state index in [9.17, 15) is 9.59 Å². The molecule has 2 rings (SSSR count).